The first-order chi connectivity index (χ1) is 7.06. The van der Waals surface area contributed by atoms with E-state index in [1.54, 1.807) is 0 Å². The maximum absolute atomic E-state index is 10.9. The highest BCUT2D eigenvalue weighted by Crippen LogP contribution is 2.18. The molecule has 1 aromatic rings. The van der Waals surface area contributed by atoms with Crippen LogP contribution in [0, 0.1) is 16.0 Å². The second kappa shape index (κ2) is 4.86. The summed E-state index contributed by atoms with van der Waals surface area (Å²) in [5.74, 6) is 0.390. The number of nitrogens with zero attached hydrogens (tertiary/aromatic N) is 4. The quantitative estimate of drug-likeness (QED) is 0.551. The van der Waals surface area contributed by atoms with Crippen molar-refractivity contribution in [3.05, 3.63) is 15.8 Å². The molecule has 0 spiro atoms. The maximum atomic E-state index is 10.9. The molecule has 0 fully saturated rings. The lowest BCUT2D eigenvalue weighted by atomic mass is 10.1. The molecule has 1 aromatic heterocycles. The molecular formula is C9H16N4O2. The van der Waals surface area contributed by atoms with Crippen LogP contribution in [0.25, 0.3) is 0 Å². The molecule has 0 aliphatic rings. The van der Waals surface area contributed by atoms with E-state index in [2.05, 4.69) is 10.3 Å². The third-order valence-electron chi connectivity index (χ3n) is 1.99. The van der Waals surface area contributed by atoms with Gasteiger partial charge in [-0.25, -0.2) is 0 Å². The van der Waals surface area contributed by atoms with Crippen molar-refractivity contribution in [1.29, 1.82) is 0 Å². The zero-order chi connectivity index (χ0) is 11.4. The Kier molecular flexibility index (Phi) is 3.76. The van der Waals surface area contributed by atoms with Crippen molar-refractivity contribution in [2.24, 2.45) is 5.92 Å². The van der Waals surface area contributed by atoms with Crippen LogP contribution < -0.4 is 0 Å². The third kappa shape index (κ3) is 2.74. The Morgan fingerprint density at radius 3 is 2.67 bits per heavy atom. The molecule has 0 amide bonds. The van der Waals surface area contributed by atoms with Gasteiger partial charge in [-0.1, -0.05) is 20.8 Å². The standard InChI is InChI=1S/C9H16N4O2/c1-4-5-12-9(13(14)15)8(10-11-12)6-7(2)3/h7H,4-6H2,1-3H3. The summed E-state index contributed by atoms with van der Waals surface area (Å²) in [5, 5.41) is 18.5. The zero-order valence-corrected chi connectivity index (χ0v) is 9.30. The van der Waals surface area contributed by atoms with E-state index < -0.39 is 4.92 Å². The molecule has 0 aliphatic heterocycles. The van der Waals surface area contributed by atoms with Crippen molar-refractivity contribution >= 4 is 5.82 Å². The molecule has 0 saturated carbocycles. The molecule has 0 saturated heterocycles. The fourth-order valence-electron chi connectivity index (χ4n) is 1.42. The number of rotatable bonds is 5. The maximum Gasteiger partial charge on any atom is 0.368 e. The molecule has 1 rings (SSSR count). The fraction of sp³-hybridized carbons (Fsp3) is 0.778. The first kappa shape index (κ1) is 11.6. The molecule has 0 unspecified atom stereocenters. The summed E-state index contributed by atoms with van der Waals surface area (Å²) >= 11 is 0. The van der Waals surface area contributed by atoms with E-state index in [1.165, 1.54) is 4.68 Å². The molecular weight excluding hydrogens is 196 g/mol. The lowest BCUT2D eigenvalue weighted by molar-refractivity contribution is -0.393. The van der Waals surface area contributed by atoms with Crippen LogP contribution in [0.3, 0.4) is 0 Å². The highest BCUT2D eigenvalue weighted by Gasteiger charge is 2.23. The Morgan fingerprint density at radius 2 is 2.20 bits per heavy atom. The summed E-state index contributed by atoms with van der Waals surface area (Å²) in [7, 11) is 0. The third-order valence-corrected chi connectivity index (χ3v) is 1.99. The van der Waals surface area contributed by atoms with Gasteiger partial charge in [0, 0.05) is 11.6 Å². The minimum Gasteiger partial charge on any atom is -0.358 e. The highest BCUT2D eigenvalue weighted by atomic mass is 16.6. The van der Waals surface area contributed by atoms with Gasteiger partial charge in [0.1, 0.15) is 6.54 Å². The molecule has 0 radical (unpaired) electrons. The summed E-state index contributed by atoms with van der Waals surface area (Å²) in [4.78, 5) is 10.5. The minimum atomic E-state index is -0.395. The SMILES string of the molecule is CCCn1nnc(CC(C)C)c1[N+](=O)[O-]. The first-order valence-electron chi connectivity index (χ1n) is 5.13. The summed E-state index contributed by atoms with van der Waals surface area (Å²) in [6, 6.07) is 0. The molecule has 0 bridgehead atoms. The average molecular weight is 212 g/mol. The fourth-order valence-corrected chi connectivity index (χ4v) is 1.42. The van der Waals surface area contributed by atoms with E-state index in [0.717, 1.165) is 6.42 Å². The van der Waals surface area contributed by atoms with Crippen LogP contribution in [0.5, 0.6) is 0 Å². The van der Waals surface area contributed by atoms with Crippen LogP contribution in [-0.2, 0) is 13.0 Å². The first-order valence-corrected chi connectivity index (χ1v) is 5.13. The molecule has 0 atom stereocenters. The number of hydrogen-bond acceptors (Lipinski definition) is 4. The van der Waals surface area contributed by atoms with Crippen LogP contribution in [0.15, 0.2) is 0 Å². The van der Waals surface area contributed by atoms with Crippen molar-refractivity contribution in [3.8, 4) is 0 Å². The van der Waals surface area contributed by atoms with Crippen molar-refractivity contribution in [2.75, 3.05) is 0 Å². The number of aryl methyl sites for hydroxylation is 1. The molecule has 15 heavy (non-hydrogen) atoms. The van der Waals surface area contributed by atoms with Crippen LogP contribution in [-0.4, -0.2) is 19.9 Å². The van der Waals surface area contributed by atoms with E-state index in [-0.39, 0.29) is 5.82 Å². The Balaban J connectivity index is 3.00. The zero-order valence-electron chi connectivity index (χ0n) is 9.30. The summed E-state index contributed by atoms with van der Waals surface area (Å²) in [5.41, 5.74) is 0.489. The van der Waals surface area contributed by atoms with Gasteiger partial charge >= 0.3 is 5.82 Å². The van der Waals surface area contributed by atoms with Crippen LogP contribution in [0.4, 0.5) is 5.82 Å². The number of nitro groups is 1. The summed E-state index contributed by atoms with van der Waals surface area (Å²) in [6.45, 7) is 6.50. The van der Waals surface area contributed by atoms with Gasteiger partial charge in [0.15, 0.2) is 5.69 Å². The second-order valence-corrected chi connectivity index (χ2v) is 3.94. The predicted molar refractivity (Wildman–Crippen MR) is 55.5 cm³/mol. The van der Waals surface area contributed by atoms with Gasteiger partial charge in [0.2, 0.25) is 0 Å². The van der Waals surface area contributed by atoms with Gasteiger partial charge in [-0.15, -0.1) is 9.78 Å². The molecule has 0 aliphatic carbocycles. The Labute approximate surface area is 88.4 Å². The van der Waals surface area contributed by atoms with E-state index in [9.17, 15) is 10.1 Å². The van der Waals surface area contributed by atoms with Gasteiger partial charge in [-0.3, -0.25) is 0 Å². The van der Waals surface area contributed by atoms with E-state index in [0.29, 0.717) is 24.6 Å². The lowest BCUT2D eigenvalue weighted by Crippen LogP contribution is -2.06. The predicted octanol–water partition coefficient (Wildman–Crippen LogP) is 1.79. The normalized spacial score (nSPS) is 10.9. The van der Waals surface area contributed by atoms with Crippen LogP contribution in [0.1, 0.15) is 32.9 Å². The number of aromatic nitrogens is 3. The largest absolute Gasteiger partial charge is 0.368 e. The van der Waals surface area contributed by atoms with Gasteiger partial charge < -0.3 is 10.1 Å². The monoisotopic (exact) mass is 212 g/mol. The van der Waals surface area contributed by atoms with Gasteiger partial charge in [-0.2, -0.15) is 0 Å². The molecule has 6 nitrogen and oxygen atoms in total. The summed E-state index contributed by atoms with van der Waals surface area (Å²) < 4.78 is 1.37. The van der Waals surface area contributed by atoms with Crippen LogP contribution >= 0.6 is 0 Å². The molecule has 0 N–H and O–H groups in total. The van der Waals surface area contributed by atoms with Crippen molar-refractivity contribution in [1.82, 2.24) is 15.0 Å². The molecule has 84 valence electrons. The van der Waals surface area contributed by atoms with Crippen molar-refractivity contribution in [2.45, 2.75) is 40.2 Å². The molecule has 0 aromatic carbocycles. The van der Waals surface area contributed by atoms with Gasteiger partial charge in [0.25, 0.3) is 0 Å². The Hall–Kier alpha value is -1.46. The van der Waals surface area contributed by atoms with Gasteiger partial charge in [-0.05, 0) is 17.3 Å². The Morgan fingerprint density at radius 1 is 1.53 bits per heavy atom. The van der Waals surface area contributed by atoms with Crippen molar-refractivity contribution < 1.29 is 4.92 Å². The van der Waals surface area contributed by atoms with Gasteiger partial charge in [0.05, 0.1) is 0 Å². The van der Waals surface area contributed by atoms with Crippen molar-refractivity contribution in [3.63, 3.8) is 0 Å². The highest BCUT2D eigenvalue weighted by molar-refractivity contribution is 5.25. The molecule has 6 heteroatoms. The number of hydrogen-bond donors (Lipinski definition) is 0. The molecule has 1 heterocycles. The lowest BCUT2D eigenvalue weighted by Gasteiger charge is -2.01. The average Bonchev–Trinajstić information content (AvgIpc) is 2.47. The van der Waals surface area contributed by atoms with Crippen LogP contribution in [0.2, 0.25) is 0 Å². The summed E-state index contributed by atoms with van der Waals surface area (Å²) in [6.07, 6.45) is 1.41. The van der Waals surface area contributed by atoms with E-state index in [4.69, 9.17) is 0 Å². The minimum absolute atomic E-state index is 0.0468. The smallest absolute Gasteiger partial charge is 0.358 e. The topological polar surface area (TPSA) is 73.8 Å². The van der Waals surface area contributed by atoms with E-state index >= 15 is 0 Å². The second-order valence-electron chi connectivity index (χ2n) is 3.94. The Bertz CT molecular complexity index is 346. The van der Waals surface area contributed by atoms with E-state index in [1.807, 2.05) is 20.8 Å².